The molecule has 1 aromatic carbocycles. The number of anilines is 2. The second-order valence-corrected chi connectivity index (χ2v) is 5.47. The van der Waals surface area contributed by atoms with Crippen molar-refractivity contribution in [1.29, 1.82) is 0 Å². The number of fused-ring (bicyclic) bond motifs is 1. The number of H-pyrrole nitrogens is 1. The van der Waals surface area contributed by atoms with Crippen molar-refractivity contribution in [1.82, 2.24) is 25.1 Å². The first kappa shape index (κ1) is 13.1. The van der Waals surface area contributed by atoms with Gasteiger partial charge in [-0.05, 0) is 17.9 Å². The highest BCUT2D eigenvalue weighted by Crippen LogP contribution is 2.23. The Kier molecular flexibility index (Phi) is 3.70. The van der Waals surface area contributed by atoms with Crippen LogP contribution in [0, 0.1) is 0 Å². The highest BCUT2D eigenvalue weighted by atomic mass is 35.5. The van der Waals surface area contributed by atoms with Crippen molar-refractivity contribution in [3.8, 4) is 0 Å². The number of para-hydroxylation sites is 2. The summed E-state index contributed by atoms with van der Waals surface area (Å²) in [4.78, 5) is 13.0. The van der Waals surface area contributed by atoms with Gasteiger partial charge in [0.1, 0.15) is 0 Å². The van der Waals surface area contributed by atoms with E-state index in [1.165, 1.54) is 0 Å². The Labute approximate surface area is 124 Å². The van der Waals surface area contributed by atoms with Crippen LogP contribution in [0.3, 0.4) is 0 Å². The molecule has 0 aliphatic heterocycles. The minimum Gasteiger partial charge on any atom is -0.307 e. The number of aromatic amines is 1. The molecule has 0 bridgehead atoms. The van der Waals surface area contributed by atoms with Crippen LogP contribution < -0.4 is 5.32 Å². The molecule has 0 saturated heterocycles. The van der Waals surface area contributed by atoms with Gasteiger partial charge in [0.25, 0.3) is 0 Å². The van der Waals surface area contributed by atoms with E-state index in [-0.39, 0.29) is 0 Å². The molecule has 0 fully saturated rings. The number of hydrogen-bond acceptors (Lipinski definition) is 6. The Balaban J connectivity index is 1.91. The first-order valence-electron chi connectivity index (χ1n) is 6.01. The van der Waals surface area contributed by atoms with Crippen LogP contribution in [0.2, 0.25) is 5.15 Å². The Bertz CT molecular complexity index is 744. The van der Waals surface area contributed by atoms with Crippen molar-refractivity contribution in [2.75, 3.05) is 11.1 Å². The lowest BCUT2D eigenvalue weighted by molar-refractivity contribution is 0.974. The average Bonchev–Trinajstić information content (AvgIpc) is 2.87. The van der Waals surface area contributed by atoms with Crippen LogP contribution in [0.25, 0.3) is 11.0 Å². The van der Waals surface area contributed by atoms with Crippen LogP contribution in [0.5, 0.6) is 0 Å². The SMILES string of the molecule is CCSc1n[nH]c(Nc2nc3ccccc3nc2Cl)n1. The second-order valence-electron chi connectivity index (χ2n) is 3.88. The van der Waals surface area contributed by atoms with Gasteiger partial charge >= 0.3 is 0 Å². The standard InChI is InChI=1S/C12H11ClN6S/c1-2-20-12-17-11(18-19-12)16-10-9(13)14-7-5-3-4-6-8(7)15-10/h3-6H,2H2,1H3,(H2,15,16,17,18,19). The zero-order valence-corrected chi connectivity index (χ0v) is 12.2. The number of nitrogens with one attached hydrogen (secondary N) is 2. The molecule has 2 aromatic heterocycles. The molecule has 8 heteroatoms. The minimum atomic E-state index is 0.296. The maximum absolute atomic E-state index is 6.12. The maximum Gasteiger partial charge on any atom is 0.225 e. The lowest BCUT2D eigenvalue weighted by atomic mass is 10.3. The van der Waals surface area contributed by atoms with E-state index in [4.69, 9.17) is 11.6 Å². The maximum atomic E-state index is 6.12. The summed E-state index contributed by atoms with van der Waals surface area (Å²) in [5.41, 5.74) is 1.52. The van der Waals surface area contributed by atoms with Crippen molar-refractivity contribution in [3.05, 3.63) is 29.4 Å². The first-order valence-corrected chi connectivity index (χ1v) is 7.37. The van der Waals surface area contributed by atoms with Crippen LogP contribution >= 0.6 is 23.4 Å². The molecule has 0 spiro atoms. The number of rotatable bonds is 4. The molecule has 0 aliphatic carbocycles. The number of thioether (sulfide) groups is 1. The van der Waals surface area contributed by atoms with Gasteiger partial charge in [0.05, 0.1) is 11.0 Å². The van der Waals surface area contributed by atoms with Gasteiger partial charge in [0, 0.05) is 0 Å². The highest BCUT2D eigenvalue weighted by Gasteiger charge is 2.09. The lowest BCUT2D eigenvalue weighted by Crippen LogP contribution is -1.98. The Hall–Kier alpha value is -1.86. The molecule has 0 aliphatic rings. The van der Waals surface area contributed by atoms with Crippen molar-refractivity contribution in [2.45, 2.75) is 12.1 Å². The summed E-state index contributed by atoms with van der Waals surface area (Å²) in [7, 11) is 0. The lowest BCUT2D eigenvalue weighted by Gasteiger charge is -2.05. The van der Waals surface area contributed by atoms with Crippen LogP contribution in [0.15, 0.2) is 29.4 Å². The largest absolute Gasteiger partial charge is 0.307 e. The van der Waals surface area contributed by atoms with Gasteiger partial charge < -0.3 is 5.32 Å². The van der Waals surface area contributed by atoms with Crippen LogP contribution in [-0.4, -0.2) is 30.9 Å². The molecular formula is C12H11ClN6S. The Morgan fingerprint density at radius 2 is 1.95 bits per heavy atom. The molecule has 0 saturated carbocycles. The van der Waals surface area contributed by atoms with E-state index in [0.29, 0.717) is 22.1 Å². The Morgan fingerprint density at radius 3 is 2.70 bits per heavy atom. The van der Waals surface area contributed by atoms with Gasteiger partial charge in [-0.3, -0.25) is 0 Å². The van der Waals surface area contributed by atoms with E-state index in [9.17, 15) is 0 Å². The molecule has 0 amide bonds. The van der Waals surface area contributed by atoms with Crippen molar-refractivity contribution >= 4 is 46.2 Å². The van der Waals surface area contributed by atoms with Crippen LogP contribution in [0.1, 0.15) is 6.92 Å². The third-order valence-electron chi connectivity index (χ3n) is 2.50. The second kappa shape index (κ2) is 5.64. The van der Waals surface area contributed by atoms with Gasteiger partial charge in [-0.1, -0.05) is 42.4 Å². The highest BCUT2D eigenvalue weighted by molar-refractivity contribution is 7.99. The molecule has 0 atom stereocenters. The predicted octanol–water partition coefficient (Wildman–Crippen LogP) is 3.26. The zero-order valence-electron chi connectivity index (χ0n) is 10.6. The number of hydrogen-bond donors (Lipinski definition) is 2. The quantitative estimate of drug-likeness (QED) is 0.720. The fraction of sp³-hybridized carbons (Fsp3) is 0.167. The van der Waals surface area contributed by atoms with Gasteiger partial charge in [-0.15, -0.1) is 5.10 Å². The normalized spacial score (nSPS) is 10.9. The van der Waals surface area contributed by atoms with Crippen molar-refractivity contribution < 1.29 is 0 Å². The molecule has 102 valence electrons. The fourth-order valence-electron chi connectivity index (χ4n) is 1.67. The van der Waals surface area contributed by atoms with Gasteiger partial charge in [0.15, 0.2) is 11.0 Å². The van der Waals surface area contributed by atoms with Gasteiger partial charge in [0.2, 0.25) is 11.1 Å². The van der Waals surface area contributed by atoms with Crippen LogP contribution in [-0.2, 0) is 0 Å². The number of benzene rings is 1. The minimum absolute atomic E-state index is 0.296. The third-order valence-corrected chi connectivity index (χ3v) is 3.50. The summed E-state index contributed by atoms with van der Waals surface area (Å²) in [5.74, 6) is 1.86. The monoisotopic (exact) mass is 306 g/mol. The molecule has 20 heavy (non-hydrogen) atoms. The van der Waals surface area contributed by atoms with E-state index in [2.05, 4.69) is 30.5 Å². The zero-order chi connectivity index (χ0) is 13.9. The molecule has 3 aromatic rings. The summed E-state index contributed by atoms with van der Waals surface area (Å²) in [6, 6.07) is 7.54. The van der Waals surface area contributed by atoms with E-state index in [1.807, 2.05) is 31.2 Å². The smallest absolute Gasteiger partial charge is 0.225 e. The summed E-state index contributed by atoms with van der Waals surface area (Å²) < 4.78 is 0. The summed E-state index contributed by atoms with van der Waals surface area (Å²) in [6.07, 6.45) is 0. The summed E-state index contributed by atoms with van der Waals surface area (Å²) >= 11 is 7.67. The molecule has 0 unspecified atom stereocenters. The molecule has 2 N–H and O–H groups in total. The number of halogens is 1. The van der Waals surface area contributed by atoms with Crippen molar-refractivity contribution in [2.24, 2.45) is 0 Å². The Morgan fingerprint density at radius 1 is 1.20 bits per heavy atom. The van der Waals surface area contributed by atoms with E-state index in [0.717, 1.165) is 16.8 Å². The molecule has 2 heterocycles. The van der Waals surface area contributed by atoms with E-state index < -0.39 is 0 Å². The van der Waals surface area contributed by atoms with E-state index >= 15 is 0 Å². The fourth-order valence-corrected chi connectivity index (χ4v) is 2.37. The third kappa shape index (κ3) is 2.68. The molecule has 3 rings (SSSR count). The molecule has 0 radical (unpaired) electrons. The van der Waals surface area contributed by atoms with Crippen molar-refractivity contribution in [3.63, 3.8) is 0 Å². The molecular weight excluding hydrogens is 296 g/mol. The number of nitrogens with zero attached hydrogens (tertiary/aromatic N) is 4. The predicted molar refractivity (Wildman–Crippen MR) is 80.6 cm³/mol. The van der Waals surface area contributed by atoms with Gasteiger partial charge in [-0.2, -0.15) is 4.98 Å². The molecule has 6 nitrogen and oxygen atoms in total. The topological polar surface area (TPSA) is 79.4 Å². The average molecular weight is 307 g/mol. The summed E-state index contributed by atoms with van der Waals surface area (Å²) in [5, 5.41) is 10.8. The van der Waals surface area contributed by atoms with E-state index in [1.54, 1.807) is 11.8 Å². The van der Waals surface area contributed by atoms with Crippen LogP contribution in [0.4, 0.5) is 11.8 Å². The number of aromatic nitrogens is 5. The first-order chi connectivity index (χ1) is 9.76. The van der Waals surface area contributed by atoms with Gasteiger partial charge in [-0.25, -0.2) is 15.1 Å². The summed E-state index contributed by atoms with van der Waals surface area (Å²) in [6.45, 7) is 2.04.